The maximum absolute atomic E-state index is 11.4. The van der Waals surface area contributed by atoms with E-state index in [1.165, 1.54) is 0 Å². The van der Waals surface area contributed by atoms with Crippen LogP contribution in [0.25, 0.3) is 0 Å². The van der Waals surface area contributed by atoms with Crippen LogP contribution in [-0.4, -0.2) is 27.8 Å². The molecule has 0 bridgehead atoms. The summed E-state index contributed by atoms with van der Waals surface area (Å²) in [4.78, 5) is 22.7. The van der Waals surface area contributed by atoms with Crippen molar-refractivity contribution in [2.75, 3.05) is 0 Å². The van der Waals surface area contributed by atoms with Gasteiger partial charge in [0.1, 0.15) is 0 Å². The number of aliphatic carboxylic acids is 2. The Hall–Kier alpha value is -2.19. The fourth-order valence-electron chi connectivity index (χ4n) is 1.95. The van der Waals surface area contributed by atoms with Gasteiger partial charge < -0.3 is 10.2 Å². The van der Waals surface area contributed by atoms with Gasteiger partial charge in [-0.15, -0.1) is 0 Å². The summed E-state index contributed by atoms with van der Waals surface area (Å²) in [7, 11) is -1.49. The molecule has 2 aromatic rings. The normalized spacial score (nSPS) is 10.7. The Morgan fingerprint density at radius 3 is 1.40 bits per heavy atom. The van der Waals surface area contributed by atoms with Crippen LogP contribution in [0, 0.1) is 0 Å². The van der Waals surface area contributed by atoms with E-state index in [0.717, 1.165) is 10.6 Å². The zero-order valence-electron chi connectivity index (χ0n) is 10.5. The minimum atomic E-state index is -1.49. The van der Waals surface area contributed by atoms with Crippen molar-refractivity contribution in [2.24, 2.45) is 0 Å². The maximum atomic E-state index is 11.4. The molecule has 0 saturated carbocycles. The van der Waals surface area contributed by atoms with E-state index in [0.29, 0.717) is 0 Å². The molecule has 0 aliphatic rings. The SMILES string of the molecule is O=C(O)C(C(=O)O)P(c1ccccc1)c1ccccc1. The number of carbonyl (C=O) groups is 2. The van der Waals surface area contributed by atoms with Crippen LogP contribution in [0.1, 0.15) is 0 Å². The van der Waals surface area contributed by atoms with Crippen molar-refractivity contribution in [2.45, 2.75) is 5.66 Å². The zero-order chi connectivity index (χ0) is 14.5. The van der Waals surface area contributed by atoms with E-state index in [1.54, 1.807) is 48.5 Å². The summed E-state index contributed by atoms with van der Waals surface area (Å²) in [5, 5.41) is 20.0. The number of rotatable bonds is 5. The zero-order valence-corrected chi connectivity index (χ0v) is 11.4. The molecule has 0 aliphatic carbocycles. The van der Waals surface area contributed by atoms with Crippen LogP contribution in [0.5, 0.6) is 0 Å². The highest BCUT2D eigenvalue weighted by molar-refractivity contribution is 7.75. The monoisotopic (exact) mass is 288 g/mol. The molecule has 0 unspecified atom stereocenters. The highest BCUT2D eigenvalue weighted by Gasteiger charge is 2.36. The molecule has 0 amide bonds. The first-order chi connectivity index (χ1) is 9.61. The van der Waals surface area contributed by atoms with Gasteiger partial charge in [0.2, 0.25) is 0 Å². The van der Waals surface area contributed by atoms with E-state index in [1.807, 2.05) is 12.1 Å². The molecule has 0 radical (unpaired) electrons. The van der Waals surface area contributed by atoms with E-state index >= 15 is 0 Å². The van der Waals surface area contributed by atoms with Gasteiger partial charge in [-0.3, -0.25) is 9.59 Å². The lowest BCUT2D eigenvalue weighted by Crippen LogP contribution is -2.34. The van der Waals surface area contributed by atoms with Gasteiger partial charge in [-0.1, -0.05) is 60.7 Å². The third-order valence-corrected chi connectivity index (χ3v) is 5.46. The molecule has 0 saturated heterocycles. The lowest BCUT2D eigenvalue weighted by atomic mass is 10.4. The molecule has 0 fully saturated rings. The van der Waals surface area contributed by atoms with Crippen molar-refractivity contribution in [3.8, 4) is 0 Å². The quantitative estimate of drug-likeness (QED) is 0.648. The first-order valence-corrected chi connectivity index (χ1v) is 7.37. The molecule has 2 rings (SSSR count). The fraction of sp³-hybridized carbons (Fsp3) is 0.0667. The lowest BCUT2D eigenvalue weighted by Gasteiger charge is -2.22. The van der Waals surface area contributed by atoms with Crippen LogP contribution >= 0.6 is 7.92 Å². The minimum absolute atomic E-state index is 0.739. The summed E-state index contributed by atoms with van der Waals surface area (Å²) < 4.78 is 0. The van der Waals surface area contributed by atoms with E-state index in [2.05, 4.69) is 0 Å². The fourth-order valence-corrected chi connectivity index (χ4v) is 4.27. The lowest BCUT2D eigenvalue weighted by molar-refractivity contribution is -0.146. The second-order valence-corrected chi connectivity index (χ2v) is 6.41. The van der Waals surface area contributed by atoms with Gasteiger partial charge in [0.25, 0.3) is 0 Å². The van der Waals surface area contributed by atoms with Crippen LogP contribution in [0.4, 0.5) is 0 Å². The highest BCUT2D eigenvalue weighted by atomic mass is 31.1. The first kappa shape index (κ1) is 14.2. The Labute approximate surface area is 117 Å². The summed E-state index contributed by atoms with van der Waals surface area (Å²) in [6.45, 7) is 0. The van der Waals surface area contributed by atoms with Crippen molar-refractivity contribution in [3.05, 3.63) is 60.7 Å². The number of hydrogen-bond acceptors (Lipinski definition) is 2. The van der Waals surface area contributed by atoms with Gasteiger partial charge in [-0.05, 0) is 18.5 Å². The average Bonchev–Trinajstić information content (AvgIpc) is 2.45. The smallest absolute Gasteiger partial charge is 0.322 e. The van der Waals surface area contributed by atoms with Crippen molar-refractivity contribution in [1.82, 2.24) is 0 Å². The van der Waals surface area contributed by atoms with Gasteiger partial charge >= 0.3 is 11.9 Å². The van der Waals surface area contributed by atoms with E-state index in [-0.39, 0.29) is 0 Å². The Morgan fingerprint density at radius 2 is 1.10 bits per heavy atom. The Bertz CT molecular complexity index is 544. The molecular weight excluding hydrogens is 275 g/mol. The number of carboxylic acids is 2. The van der Waals surface area contributed by atoms with Crippen LogP contribution in [-0.2, 0) is 9.59 Å². The largest absolute Gasteiger partial charge is 0.480 e. The second kappa shape index (κ2) is 6.31. The molecule has 5 heteroatoms. The Balaban J connectivity index is 2.55. The number of benzene rings is 2. The Kier molecular flexibility index (Phi) is 4.49. The molecule has 0 atom stereocenters. The maximum Gasteiger partial charge on any atom is 0.322 e. The molecule has 102 valence electrons. The first-order valence-electron chi connectivity index (χ1n) is 5.96. The van der Waals surface area contributed by atoms with Crippen LogP contribution in [0.15, 0.2) is 60.7 Å². The molecular formula is C15H13O4P. The van der Waals surface area contributed by atoms with Gasteiger partial charge in [-0.2, -0.15) is 0 Å². The number of carboxylic acid groups (broad SMARTS) is 2. The third kappa shape index (κ3) is 3.03. The van der Waals surface area contributed by atoms with Crippen molar-refractivity contribution in [3.63, 3.8) is 0 Å². The van der Waals surface area contributed by atoms with Gasteiger partial charge in [0.05, 0.1) is 0 Å². The summed E-state index contributed by atoms with van der Waals surface area (Å²) >= 11 is 0. The van der Waals surface area contributed by atoms with Crippen molar-refractivity contribution in [1.29, 1.82) is 0 Å². The van der Waals surface area contributed by atoms with Gasteiger partial charge in [-0.25, -0.2) is 0 Å². The van der Waals surface area contributed by atoms with Crippen molar-refractivity contribution >= 4 is 30.5 Å². The summed E-state index contributed by atoms with van der Waals surface area (Å²) in [5.41, 5.74) is -1.45. The summed E-state index contributed by atoms with van der Waals surface area (Å²) in [6.07, 6.45) is 0. The van der Waals surface area contributed by atoms with Crippen LogP contribution in [0.3, 0.4) is 0 Å². The average molecular weight is 288 g/mol. The minimum Gasteiger partial charge on any atom is -0.480 e. The molecule has 4 nitrogen and oxygen atoms in total. The predicted octanol–water partition coefficient (Wildman–Crippen LogP) is 1.66. The topological polar surface area (TPSA) is 74.6 Å². The predicted molar refractivity (Wildman–Crippen MR) is 78.1 cm³/mol. The van der Waals surface area contributed by atoms with E-state index < -0.39 is 25.5 Å². The standard InChI is InChI=1S/C15H13O4P/c16-14(17)13(15(18)19)20(11-7-3-1-4-8-11)12-9-5-2-6-10-12/h1-10,13H,(H,16,17)(H,18,19). The van der Waals surface area contributed by atoms with Crippen LogP contribution in [0.2, 0.25) is 0 Å². The molecule has 20 heavy (non-hydrogen) atoms. The molecule has 0 heterocycles. The van der Waals surface area contributed by atoms with E-state index in [9.17, 15) is 19.8 Å². The molecule has 0 aliphatic heterocycles. The molecule has 0 aromatic heterocycles. The summed E-state index contributed by atoms with van der Waals surface area (Å²) in [5.74, 6) is -2.62. The summed E-state index contributed by atoms with van der Waals surface area (Å²) in [6, 6.07) is 17.9. The van der Waals surface area contributed by atoms with Gasteiger partial charge in [0, 0.05) is 0 Å². The second-order valence-electron chi connectivity index (χ2n) is 4.12. The highest BCUT2D eigenvalue weighted by Crippen LogP contribution is 2.39. The molecule has 2 aromatic carbocycles. The number of hydrogen-bond donors (Lipinski definition) is 2. The van der Waals surface area contributed by atoms with Crippen LogP contribution < -0.4 is 10.6 Å². The van der Waals surface area contributed by atoms with Crippen molar-refractivity contribution < 1.29 is 19.8 Å². The third-order valence-electron chi connectivity index (χ3n) is 2.79. The van der Waals surface area contributed by atoms with E-state index in [4.69, 9.17) is 0 Å². The Morgan fingerprint density at radius 1 is 0.750 bits per heavy atom. The molecule has 0 spiro atoms. The molecule has 2 N–H and O–H groups in total. The van der Waals surface area contributed by atoms with Gasteiger partial charge in [0.15, 0.2) is 5.66 Å².